The Bertz CT molecular complexity index is 3390. The Kier molecular flexibility index (Phi) is 8.12. The molecule has 12 aromatic rings. The van der Waals surface area contributed by atoms with Crippen molar-refractivity contribution in [2.75, 3.05) is 0 Å². The van der Waals surface area contributed by atoms with E-state index in [1.54, 1.807) is 0 Å². The van der Waals surface area contributed by atoms with Crippen molar-refractivity contribution in [3.05, 3.63) is 224 Å². The van der Waals surface area contributed by atoms with Gasteiger partial charge in [-0.25, -0.2) is 0 Å². The average molecular weight is 738 g/mol. The van der Waals surface area contributed by atoms with E-state index in [4.69, 9.17) is 0 Å². The van der Waals surface area contributed by atoms with Crippen LogP contribution in [0.2, 0.25) is 0 Å². The van der Waals surface area contributed by atoms with Crippen LogP contribution in [-0.4, -0.2) is 4.57 Å². The quantitative estimate of drug-likeness (QED) is 0.159. The molecule has 1 aromatic heterocycles. The maximum absolute atomic E-state index is 2.44. The fourth-order valence-corrected chi connectivity index (χ4v) is 9.09. The molecule has 1 heteroatoms. The van der Waals surface area contributed by atoms with Gasteiger partial charge in [0.1, 0.15) is 0 Å². The second kappa shape index (κ2) is 13.9. The Labute approximate surface area is 338 Å². The first kappa shape index (κ1) is 33.8. The van der Waals surface area contributed by atoms with Crippen LogP contribution in [0, 0.1) is 6.92 Å². The van der Waals surface area contributed by atoms with Crippen LogP contribution >= 0.6 is 0 Å². The summed E-state index contributed by atoms with van der Waals surface area (Å²) < 4.78 is 2.44. The van der Waals surface area contributed by atoms with Gasteiger partial charge in [0, 0.05) is 16.5 Å². The fourth-order valence-electron chi connectivity index (χ4n) is 9.09. The minimum absolute atomic E-state index is 1.16. The lowest BCUT2D eigenvalue weighted by Crippen LogP contribution is -1.96. The third kappa shape index (κ3) is 5.71. The van der Waals surface area contributed by atoms with E-state index >= 15 is 0 Å². The molecule has 0 bridgehead atoms. The van der Waals surface area contributed by atoms with Crippen LogP contribution in [0.1, 0.15) is 5.56 Å². The highest BCUT2D eigenvalue weighted by molar-refractivity contribution is 6.27. The third-order valence-corrected chi connectivity index (χ3v) is 11.8. The van der Waals surface area contributed by atoms with Crippen molar-refractivity contribution in [3.63, 3.8) is 0 Å². The molecular weight excluding hydrogens is 699 g/mol. The summed E-state index contributed by atoms with van der Waals surface area (Å²) >= 11 is 0. The number of hydrogen-bond acceptors (Lipinski definition) is 0. The van der Waals surface area contributed by atoms with Crippen LogP contribution in [0.3, 0.4) is 0 Å². The molecule has 12 rings (SSSR count). The predicted molar refractivity (Wildman–Crippen MR) is 249 cm³/mol. The smallest absolute Gasteiger partial charge is 0.0541 e. The Balaban J connectivity index is 0.000000502. The summed E-state index contributed by atoms with van der Waals surface area (Å²) in [7, 11) is 0. The first-order valence-electron chi connectivity index (χ1n) is 20.1. The summed E-state index contributed by atoms with van der Waals surface area (Å²) in [5, 5.41) is 12.8. The lowest BCUT2D eigenvalue weighted by molar-refractivity contribution is 1.18. The van der Waals surface area contributed by atoms with Crippen molar-refractivity contribution in [2.45, 2.75) is 6.92 Å². The Morgan fingerprint density at radius 1 is 0.293 bits per heavy atom. The number of benzene rings is 11. The van der Waals surface area contributed by atoms with Crippen molar-refractivity contribution in [1.29, 1.82) is 0 Å². The molecule has 0 saturated heterocycles. The van der Waals surface area contributed by atoms with Crippen LogP contribution in [0.15, 0.2) is 218 Å². The van der Waals surface area contributed by atoms with Gasteiger partial charge in [0.05, 0.1) is 11.0 Å². The summed E-state index contributed by atoms with van der Waals surface area (Å²) in [5.41, 5.74) is 12.3. The summed E-state index contributed by atoms with van der Waals surface area (Å²) in [6.07, 6.45) is 0. The van der Waals surface area contributed by atoms with Gasteiger partial charge in [0.2, 0.25) is 0 Å². The topological polar surface area (TPSA) is 4.93 Å². The fraction of sp³-hybridized carbons (Fsp3) is 0.0175. The molecule has 0 fully saturated rings. The highest BCUT2D eigenvalue weighted by Gasteiger charge is 2.18. The molecule has 0 N–H and O–H groups in total. The van der Waals surface area contributed by atoms with Crippen LogP contribution in [0.25, 0.3) is 104 Å². The molecule has 0 unspecified atom stereocenters. The molecule has 0 amide bonds. The van der Waals surface area contributed by atoms with E-state index in [0.29, 0.717) is 0 Å². The highest BCUT2D eigenvalue weighted by atomic mass is 15.0. The molecule has 58 heavy (non-hydrogen) atoms. The molecular formula is C57H39N. The number of aryl methyl sites for hydroxylation is 1. The maximum Gasteiger partial charge on any atom is 0.0541 e. The number of fused-ring (bicyclic) bond motifs is 4. The molecule has 0 aliphatic carbocycles. The summed E-state index contributed by atoms with van der Waals surface area (Å²) in [5.74, 6) is 0. The van der Waals surface area contributed by atoms with E-state index in [-0.39, 0.29) is 0 Å². The molecule has 0 spiro atoms. The van der Waals surface area contributed by atoms with Gasteiger partial charge in [-0.1, -0.05) is 188 Å². The van der Waals surface area contributed by atoms with Crippen molar-refractivity contribution in [2.24, 2.45) is 0 Å². The summed E-state index contributed by atoms with van der Waals surface area (Å²) in [6, 6.07) is 79.7. The van der Waals surface area contributed by atoms with Gasteiger partial charge in [-0.15, -0.1) is 0 Å². The number of hydrogen-bond donors (Lipinski definition) is 0. The zero-order valence-electron chi connectivity index (χ0n) is 32.2. The lowest BCUT2D eigenvalue weighted by Gasteiger charge is -2.18. The third-order valence-electron chi connectivity index (χ3n) is 11.8. The minimum atomic E-state index is 1.16. The van der Waals surface area contributed by atoms with Gasteiger partial charge in [0.25, 0.3) is 0 Å². The lowest BCUT2D eigenvalue weighted by atomic mass is 9.86. The van der Waals surface area contributed by atoms with E-state index in [9.17, 15) is 0 Å². The van der Waals surface area contributed by atoms with Crippen LogP contribution in [0.5, 0.6) is 0 Å². The van der Waals surface area contributed by atoms with Gasteiger partial charge in [-0.05, 0) is 120 Å². The van der Waals surface area contributed by atoms with E-state index in [1.807, 2.05) is 18.2 Å². The van der Waals surface area contributed by atoms with E-state index in [1.165, 1.54) is 104 Å². The molecule has 0 aliphatic heterocycles. The molecule has 272 valence electrons. The molecule has 1 nitrogen and oxygen atoms in total. The van der Waals surface area contributed by atoms with Crippen LogP contribution < -0.4 is 0 Å². The van der Waals surface area contributed by atoms with Gasteiger partial charge in [-0.2, -0.15) is 0 Å². The Morgan fingerprint density at radius 2 is 0.793 bits per heavy atom. The largest absolute Gasteiger partial charge is 0.309 e. The highest BCUT2D eigenvalue weighted by Crippen LogP contribution is 2.44. The molecule has 0 radical (unpaired) electrons. The van der Waals surface area contributed by atoms with Gasteiger partial charge < -0.3 is 4.57 Å². The predicted octanol–water partition coefficient (Wildman–Crippen LogP) is 15.8. The van der Waals surface area contributed by atoms with E-state index in [0.717, 1.165) is 5.69 Å². The second-order valence-corrected chi connectivity index (χ2v) is 15.4. The first-order valence-corrected chi connectivity index (χ1v) is 20.1. The number of nitrogens with zero attached hydrogens (tertiary/aromatic N) is 1. The SMILES string of the molecule is Cc1ccccc1.c1ccc(-c2cc(-c3ccc4ccc5c(-c6ccc7ccccc7c6)ccc6ccc3c4c65)cc(-n3c4ccccc4c4ccccc43)c2)cc1. The Hall–Kier alpha value is -7.48. The standard InChI is InChI=1S/C50H31N.C7H8/c1-2-10-32(11-3-1)38-29-39(31-40(30-38)51-47-16-8-6-14-43(47)44-15-7-9-17-48(44)51)42-25-21-35-22-26-45-41(24-20-34-23-27-46(42)50(35)49(34)45)37-19-18-33-12-4-5-13-36(33)28-37;1-7-5-3-2-4-6-7/h1-31H;2-6H,1H3. The normalized spacial score (nSPS) is 11.5. The zero-order valence-corrected chi connectivity index (χ0v) is 32.2. The molecule has 11 aromatic carbocycles. The van der Waals surface area contributed by atoms with Crippen LogP contribution in [0.4, 0.5) is 0 Å². The monoisotopic (exact) mass is 737 g/mol. The van der Waals surface area contributed by atoms with Crippen LogP contribution in [-0.2, 0) is 0 Å². The van der Waals surface area contributed by atoms with Gasteiger partial charge in [-0.3, -0.25) is 0 Å². The van der Waals surface area contributed by atoms with Crippen molar-refractivity contribution in [3.8, 4) is 39.1 Å². The molecule has 0 aliphatic rings. The first-order chi connectivity index (χ1) is 28.7. The molecule has 0 atom stereocenters. The number of rotatable bonds is 4. The van der Waals surface area contributed by atoms with Crippen molar-refractivity contribution >= 4 is 64.9 Å². The summed E-state index contributed by atoms with van der Waals surface area (Å²) in [4.78, 5) is 0. The van der Waals surface area contributed by atoms with Gasteiger partial charge in [0.15, 0.2) is 0 Å². The Morgan fingerprint density at radius 3 is 1.41 bits per heavy atom. The summed E-state index contributed by atoms with van der Waals surface area (Å²) in [6.45, 7) is 2.08. The molecule has 1 heterocycles. The number of para-hydroxylation sites is 2. The average Bonchev–Trinajstić information content (AvgIpc) is 3.63. The van der Waals surface area contributed by atoms with E-state index < -0.39 is 0 Å². The van der Waals surface area contributed by atoms with E-state index in [2.05, 4.69) is 212 Å². The maximum atomic E-state index is 2.44. The second-order valence-electron chi connectivity index (χ2n) is 15.4. The van der Waals surface area contributed by atoms with Gasteiger partial charge >= 0.3 is 0 Å². The van der Waals surface area contributed by atoms with Crippen molar-refractivity contribution in [1.82, 2.24) is 4.57 Å². The minimum Gasteiger partial charge on any atom is -0.309 e. The van der Waals surface area contributed by atoms with Crippen molar-refractivity contribution < 1.29 is 0 Å². The molecule has 0 saturated carbocycles. The zero-order chi connectivity index (χ0) is 38.6. The number of aromatic nitrogens is 1.